The molecule has 2 amide bonds. The number of hydrogen-bond acceptors (Lipinski definition) is 2. The number of nitrogens with zero attached hydrogens (tertiary/aromatic N) is 1. The van der Waals surface area contributed by atoms with Crippen LogP contribution in [0.25, 0.3) is 0 Å². The quantitative estimate of drug-likeness (QED) is 0.782. The van der Waals surface area contributed by atoms with E-state index in [-0.39, 0.29) is 18.1 Å². The molecule has 0 radical (unpaired) electrons. The summed E-state index contributed by atoms with van der Waals surface area (Å²) >= 11 is 0. The second-order valence-corrected chi connectivity index (χ2v) is 6.64. The van der Waals surface area contributed by atoms with Crippen LogP contribution in [0.2, 0.25) is 0 Å². The number of nitrogens with one attached hydrogen (secondary N) is 1. The molecule has 1 aliphatic heterocycles. The van der Waals surface area contributed by atoms with Crippen LogP contribution in [0.4, 0.5) is 4.79 Å². The van der Waals surface area contributed by atoms with Gasteiger partial charge < -0.3 is 15.3 Å². The molecule has 1 saturated heterocycles. The van der Waals surface area contributed by atoms with Gasteiger partial charge in [0.25, 0.3) is 0 Å². The largest absolute Gasteiger partial charge is 0.396 e. The number of hydrogen-bond donors (Lipinski definition) is 2. The molecule has 2 N–H and O–H groups in total. The van der Waals surface area contributed by atoms with Crippen LogP contribution in [-0.2, 0) is 0 Å². The number of carbonyl (C=O) groups excluding carboxylic acids is 1. The maximum atomic E-state index is 12.3. The molecule has 0 aromatic carbocycles. The Kier molecular flexibility index (Phi) is 5.70. The number of aliphatic hydroxyl groups excluding tert-OH is 1. The minimum atomic E-state index is 0.0547. The molecule has 4 heteroatoms. The maximum Gasteiger partial charge on any atom is 0.317 e. The molecule has 0 aromatic heterocycles. The van der Waals surface area contributed by atoms with Gasteiger partial charge in [0, 0.05) is 25.7 Å². The zero-order valence-electron chi connectivity index (χ0n) is 12.9. The fourth-order valence-corrected chi connectivity index (χ4v) is 3.50. The first kappa shape index (κ1) is 15.6. The van der Waals surface area contributed by atoms with Gasteiger partial charge in [-0.3, -0.25) is 0 Å². The SMILES string of the molecule is CCC1(CO)CCN(C(=O)NC2CCCCCC2)CC1. The second kappa shape index (κ2) is 7.30. The smallest absolute Gasteiger partial charge is 0.317 e. The van der Waals surface area contributed by atoms with Gasteiger partial charge in [0.15, 0.2) is 0 Å². The van der Waals surface area contributed by atoms with Gasteiger partial charge in [-0.1, -0.05) is 32.6 Å². The van der Waals surface area contributed by atoms with Crippen LogP contribution in [0.5, 0.6) is 0 Å². The zero-order chi connectivity index (χ0) is 14.4. The highest BCUT2D eigenvalue weighted by Crippen LogP contribution is 2.34. The summed E-state index contributed by atoms with van der Waals surface area (Å²) in [6, 6.07) is 0.486. The number of urea groups is 1. The number of carbonyl (C=O) groups is 1. The maximum absolute atomic E-state index is 12.3. The van der Waals surface area contributed by atoms with E-state index < -0.39 is 0 Å². The van der Waals surface area contributed by atoms with Crippen molar-refractivity contribution in [3.63, 3.8) is 0 Å². The van der Waals surface area contributed by atoms with Crippen molar-refractivity contribution in [2.75, 3.05) is 19.7 Å². The molecule has 2 rings (SSSR count). The van der Waals surface area contributed by atoms with Crippen LogP contribution >= 0.6 is 0 Å². The third-order valence-electron chi connectivity index (χ3n) is 5.38. The highest BCUT2D eigenvalue weighted by molar-refractivity contribution is 5.74. The number of amides is 2. The predicted molar refractivity (Wildman–Crippen MR) is 80.6 cm³/mol. The first-order chi connectivity index (χ1) is 9.69. The monoisotopic (exact) mass is 282 g/mol. The lowest BCUT2D eigenvalue weighted by Gasteiger charge is -2.40. The van der Waals surface area contributed by atoms with Gasteiger partial charge in [-0.05, 0) is 37.5 Å². The van der Waals surface area contributed by atoms with Crippen molar-refractivity contribution in [1.29, 1.82) is 0 Å². The molecule has 20 heavy (non-hydrogen) atoms. The standard InChI is InChI=1S/C16H30N2O2/c1-2-16(13-19)9-11-18(12-10-16)15(20)17-14-7-5-3-4-6-8-14/h14,19H,2-13H2,1H3,(H,17,20). The second-order valence-electron chi connectivity index (χ2n) is 6.64. The van der Waals surface area contributed by atoms with E-state index in [9.17, 15) is 9.90 Å². The number of rotatable bonds is 3. The first-order valence-electron chi connectivity index (χ1n) is 8.35. The summed E-state index contributed by atoms with van der Waals surface area (Å²) < 4.78 is 0. The Morgan fingerprint density at radius 1 is 1.20 bits per heavy atom. The summed E-state index contributed by atoms with van der Waals surface area (Å²) in [6.07, 6.45) is 10.2. The molecule has 2 aliphatic rings. The molecule has 0 aromatic rings. The predicted octanol–water partition coefficient (Wildman–Crippen LogP) is 2.90. The van der Waals surface area contributed by atoms with Gasteiger partial charge in [0.05, 0.1) is 0 Å². The van der Waals surface area contributed by atoms with Crippen molar-refractivity contribution in [1.82, 2.24) is 10.2 Å². The Balaban J connectivity index is 1.79. The molecule has 1 heterocycles. The third kappa shape index (κ3) is 3.87. The van der Waals surface area contributed by atoms with Gasteiger partial charge in [0.1, 0.15) is 0 Å². The summed E-state index contributed by atoms with van der Waals surface area (Å²) in [5.74, 6) is 0. The first-order valence-corrected chi connectivity index (χ1v) is 8.35. The molecular weight excluding hydrogens is 252 g/mol. The Bertz CT molecular complexity index is 298. The molecule has 2 fully saturated rings. The van der Waals surface area contributed by atoms with E-state index in [0.29, 0.717) is 6.04 Å². The summed E-state index contributed by atoms with van der Waals surface area (Å²) in [6.45, 7) is 3.96. The lowest BCUT2D eigenvalue weighted by Crippen LogP contribution is -2.50. The van der Waals surface area contributed by atoms with Crippen molar-refractivity contribution >= 4 is 6.03 Å². The zero-order valence-corrected chi connectivity index (χ0v) is 12.9. The lowest BCUT2D eigenvalue weighted by atomic mass is 9.77. The highest BCUT2D eigenvalue weighted by atomic mass is 16.3. The molecule has 116 valence electrons. The summed E-state index contributed by atoms with van der Waals surface area (Å²) in [5, 5.41) is 12.8. The normalized spacial score (nSPS) is 24.2. The van der Waals surface area contributed by atoms with E-state index in [1.165, 1.54) is 25.7 Å². The van der Waals surface area contributed by atoms with E-state index in [1.54, 1.807) is 0 Å². The van der Waals surface area contributed by atoms with E-state index in [1.807, 2.05) is 4.90 Å². The van der Waals surface area contributed by atoms with Crippen molar-refractivity contribution in [2.24, 2.45) is 5.41 Å². The van der Waals surface area contributed by atoms with Crippen LogP contribution in [-0.4, -0.2) is 41.8 Å². The summed E-state index contributed by atoms with van der Waals surface area (Å²) in [7, 11) is 0. The van der Waals surface area contributed by atoms with Gasteiger partial charge in [0.2, 0.25) is 0 Å². The molecule has 0 unspecified atom stereocenters. The molecule has 4 nitrogen and oxygen atoms in total. The van der Waals surface area contributed by atoms with Gasteiger partial charge >= 0.3 is 6.03 Å². The average Bonchev–Trinajstić information content (AvgIpc) is 2.76. The van der Waals surface area contributed by atoms with Crippen molar-refractivity contribution in [3.8, 4) is 0 Å². The van der Waals surface area contributed by atoms with Crippen LogP contribution in [0.1, 0.15) is 64.7 Å². The number of aliphatic hydroxyl groups is 1. The Morgan fingerprint density at radius 3 is 2.30 bits per heavy atom. The van der Waals surface area contributed by atoms with Crippen LogP contribution in [0.3, 0.4) is 0 Å². The van der Waals surface area contributed by atoms with E-state index >= 15 is 0 Å². The van der Waals surface area contributed by atoms with Crippen LogP contribution in [0, 0.1) is 5.41 Å². The topological polar surface area (TPSA) is 52.6 Å². The van der Waals surface area contributed by atoms with Crippen molar-refractivity contribution in [3.05, 3.63) is 0 Å². The van der Waals surface area contributed by atoms with E-state index in [0.717, 1.165) is 45.2 Å². The van der Waals surface area contributed by atoms with E-state index in [4.69, 9.17) is 0 Å². The average molecular weight is 282 g/mol. The van der Waals surface area contributed by atoms with Crippen molar-refractivity contribution in [2.45, 2.75) is 70.8 Å². The van der Waals surface area contributed by atoms with Gasteiger partial charge in [-0.15, -0.1) is 0 Å². The molecule has 1 aliphatic carbocycles. The van der Waals surface area contributed by atoms with E-state index in [2.05, 4.69) is 12.2 Å². The van der Waals surface area contributed by atoms with Crippen LogP contribution < -0.4 is 5.32 Å². The molecule has 0 spiro atoms. The highest BCUT2D eigenvalue weighted by Gasteiger charge is 2.34. The lowest BCUT2D eigenvalue weighted by molar-refractivity contribution is 0.0514. The Labute approximate surface area is 122 Å². The molecule has 0 bridgehead atoms. The third-order valence-corrected chi connectivity index (χ3v) is 5.38. The minimum absolute atomic E-state index is 0.0547. The molecular formula is C16H30N2O2. The minimum Gasteiger partial charge on any atom is -0.396 e. The number of likely N-dealkylation sites (tertiary alicyclic amines) is 1. The van der Waals surface area contributed by atoms with Gasteiger partial charge in [-0.2, -0.15) is 0 Å². The fourth-order valence-electron chi connectivity index (χ4n) is 3.50. The van der Waals surface area contributed by atoms with Crippen molar-refractivity contribution < 1.29 is 9.90 Å². The Morgan fingerprint density at radius 2 is 1.80 bits per heavy atom. The number of piperidine rings is 1. The summed E-state index contributed by atoms with van der Waals surface area (Å²) in [5.41, 5.74) is 0.0547. The van der Waals surface area contributed by atoms with Gasteiger partial charge in [-0.25, -0.2) is 4.79 Å². The molecule has 1 saturated carbocycles. The molecule has 0 atom stereocenters. The van der Waals surface area contributed by atoms with Crippen LogP contribution in [0.15, 0.2) is 0 Å². The summed E-state index contributed by atoms with van der Waals surface area (Å²) in [4.78, 5) is 14.3. The fraction of sp³-hybridized carbons (Fsp3) is 0.938. The Hall–Kier alpha value is -0.770.